The van der Waals surface area contributed by atoms with Gasteiger partial charge < -0.3 is 10.1 Å². The minimum absolute atomic E-state index is 0.590. The summed E-state index contributed by atoms with van der Waals surface area (Å²) in [6, 6.07) is 8.93. The molecular formula is C16H27NO. The largest absolute Gasteiger partial charge is 0.494 e. The molecule has 0 saturated carbocycles. The van der Waals surface area contributed by atoms with Crippen molar-refractivity contribution in [3.05, 3.63) is 29.8 Å². The van der Waals surface area contributed by atoms with E-state index in [1.807, 2.05) is 13.0 Å². The van der Waals surface area contributed by atoms with Crippen molar-refractivity contribution in [3.8, 4) is 5.75 Å². The Kier molecular flexibility index (Phi) is 7.51. The van der Waals surface area contributed by atoms with E-state index in [-0.39, 0.29) is 0 Å². The van der Waals surface area contributed by atoms with Gasteiger partial charge in [-0.2, -0.15) is 0 Å². The van der Waals surface area contributed by atoms with Crippen molar-refractivity contribution in [1.29, 1.82) is 0 Å². The molecule has 0 aliphatic heterocycles. The van der Waals surface area contributed by atoms with Gasteiger partial charge in [0.15, 0.2) is 0 Å². The Bertz CT molecular complexity index is 325. The molecule has 18 heavy (non-hydrogen) atoms. The van der Waals surface area contributed by atoms with Crippen molar-refractivity contribution in [2.75, 3.05) is 6.61 Å². The maximum Gasteiger partial charge on any atom is 0.119 e. The molecule has 0 amide bonds. The molecule has 0 bridgehead atoms. The molecule has 2 heteroatoms. The Balaban J connectivity index is 2.31. The molecular weight excluding hydrogens is 222 g/mol. The van der Waals surface area contributed by atoms with Crippen molar-refractivity contribution >= 4 is 0 Å². The van der Waals surface area contributed by atoms with E-state index in [0.29, 0.717) is 6.04 Å². The fourth-order valence-electron chi connectivity index (χ4n) is 2.01. The first-order chi connectivity index (χ1) is 8.76. The van der Waals surface area contributed by atoms with E-state index in [1.165, 1.54) is 31.2 Å². The van der Waals surface area contributed by atoms with Crippen LogP contribution >= 0.6 is 0 Å². The number of hydrogen-bond acceptors (Lipinski definition) is 2. The predicted octanol–water partition coefficient (Wildman–Crippen LogP) is 4.14. The van der Waals surface area contributed by atoms with Crippen LogP contribution in [0.15, 0.2) is 24.3 Å². The van der Waals surface area contributed by atoms with E-state index in [4.69, 9.17) is 4.74 Å². The zero-order chi connectivity index (χ0) is 13.2. The minimum atomic E-state index is 0.590. The third-order valence-corrected chi connectivity index (χ3v) is 3.10. The average Bonchev–Trinajstić information content (AvgIpc) is 2.38. The van der Waals surface area contributed by atoms with Crippen LogP contribution in [-0.2, 0) is 6.54 Å². The maximum atomic E-state index is 5.50. The van der Waals surface area contributed by atoms with Gasteiger partial charge in [0.1, 0.15) is 5.75 Å². The van der Waals surface area contributed by atoms with Gasteiger partial charge in [0.25, 0.3) is 0 Å². The van der Waals surface area contributed by atoms with E-state index in [2.05, 4.69) is 37.4 Å². The highest BCUT2D eigenvalue weighted by atomic mass is 16.5. The van der Waals surface area contributed by atoms with Gasteiger partial charge in [-0.05, 0) is 38.0 Å². The first-order valence-corrected chi connectivity index (χ1v) is 7.21. The van der Waals surface area contributed by atoms with Crippen molar-refractivity contribution in [2.24, 2.45) is 0 Å². The molecule has 0 aliphatic carbocycles. The molecule has 0 fully saturated rings. The third-order valence-electron chi connectivity index (χ3n) is 3.10. The lowest BCUT2D eigenvalue weighted by atomic mass is 10.1. The SMILES string of the molecule is CCCCCC(C)NCc1cccc(OCC)c1. The number of nitrogens with one attached hydrogen (secondary N) is 1. The van der Waals surface area contributed by atoms with Gasteiger partial charge in [0.05, 0.1) is 6.61 Å². The minimum Gasteiger partial charge on any atom is -0.494 e. The standard InChI is InChI=1S/C16H27NO/c1-4-6-7-9-14(3)17-13-15-10-8-11-16(12-15)18-5-2/h8,10-12,14,17H,4-7,9,13H2,1-3H3. The van der Waals surface area contributed by atoms with Crippen LogP contribution in [0, 0.1) is 0 Å². The van der Waals surface area contributed by atoms with Gasteiger partial charge in [0.2, 0.25) is 0 Å². The van der Waals surface area contributed by atoms with Gasteiger partial charge in [-0.15, -0.1) is 0 Å². The second-order valence-corrected chi connectivity index (χ2v) is 4.86. The molecule has 1 unspecified atom stereocenters. The molecule has 1 atom stereocenters. The summed E-state index contributed by atoms with van der Waals surface area (Å²) in [5.41, 5.74) is 1.29. The van der Waals surface area contributed by atoms with Crippen LogP contribution in [0.3, 0.4) is 0 Å². The summed E-state index contributed by atoms with van der Waals surface area (Å²) in [4.78, 5) is 0. The highest BCUT2D eigenvalue weighted by Crippen LogP contribution is 2.13. The molecule has 1 aromatic rings. The van der Waals surface area contributed by atoms with E-state index >= 15 is 0 Å². The quantitative estimate of drug-likeness (QED) is 0.664. The Morgan fingerprint density at radius 1 is 1.22 bits per heavy atom. The average molecular weight is 249 g/mol. The molecule has 0 aliphatic rings. The van der Waals surface area contributed by atoms with Crippen molar-refractivity contribution < 1.29 is 4.74 Å². The molecule has 1 rings (SSSR count). The highest BCUT2D eigenvalue weighted by Gasteiger charge is 2.02. The summed E-state index contributed by atoms with van der Waals surface area (Å²) in [5, 5.41) is 3.57. The molecule has 0 heterocycles. The van der Waals surface area contributed by atoms with Crippen LogP contribution in [0.1, 0.15) is 52.0 Å². The summed E-state index contributed by atoms with van der Waals surface area (Å²) in [6.07, 6.45) is 5.22. The molecule has 0 saturated heterocycles. The maximum absolute atomic E-state index is 5.50. The van der Waals surface area contributed by atoms with E-state index in [0.717, 1.165) is 18.9 Å². The number of rotatable bonds is 9. The summed E-state index contributed by atoms with van der Waals surface area (Å²) in [6.45, 7) is 8.18. The first kappa shape index (κ1) is 15.0. The normalized spacial score (nSPS) is 12.4. The topological polar surface area (TPSA) is 21.3 Å². The molecule has 2 nitrogen and oxygen atoms in total. The number of unbranched alkanes of at least 4 members (excludes halogenated alkanes) is 2. The zero-order valence-electron chi connectivity index (χ0n) is 12.0. The number of ether oxygens (including phenoxy) is 1. The fraction of sp³-hybridized carbons (Fsp3) is 0.625. The Morgan fingerprint density at radius 3 is 2.78 bits per heavy atom. The zero-order valence-corrected chi connectivity index (χ0v) is 12.0. The van der Waals surface area contributed by atoms with Crippen LogP contribution in [0.2, 0.25) is 0 Å². The second-order valence-electron chi connectivity index (χ2n) is 4.86. The molecule has 102 valence electrons. The summed E-state index contributed by atoms with van der Waals surface area (Å²) < 4.78 is 5.50. The predicted molar refractivity (Wildman–Crippen MR) is 78.1 cm³/mol. The molecule has 1 N–H and O–H groups in total. The molecule has 1 aromatic carbocycles. The van der Waals surface area contributed by atoms with Crippen LogP contribution in [-0.4, -0.2) is 12.6 Å². The van der Waals surface area contributed by atoms with Crippen molar-refractivity contribution in [3.63, 3.8) is 0 Å². The summed E-state index contributed by atoms with van der Waals surface area (Å²) in [5.74, 6) is 0.968. The van der Waals surface area contributed by atoms with Gasteiger partial charge in [0, 0.05) is 12.6 Å². The second kappa shape index (κ2) is 8.98. The van der Waals surface area contributed by atoms with Crippen LogP contribution in [0.4, 0.5) is 0 Å². The monoisotopic (exact) mass is 249 g/mol. The smallest absolute Gasteiger partial charge is 0.119 e. The summed E-state index contributed by atoms with van der Waals surface area (Å²) in [7, 11) is 0. The van der Waals surface area contributed by atoms with Crippen molar-refractivity contribution in [1.82, 2.24) is 5.32 Å². The highest BCUT2D eigenvalue weighted by molar-refractivity contribution is 5.28. The van der Waals surface area contributed by atoms with E-state index in [9.17, 15) is 0 Å². The van der Waals surface area contributed by atoms with E-state index in [1.54, 1.807) is 0 Å². The molecule has 0 spiro atoms. The summed E-state index contributed by atoms with van der Waals surface area (Å²) >= 11 is 0. The van der Waals surface area contributed by atoms with Crippen LogP contribution in [0.25, 0.3) is 0 Å². The van der Waals surface area contributed by atoms with Gasteiger partial charge in [-0.1, -0.05) is 38.3 Å². The molecule has 0 aromatic heterocycles. The Labute approximate surface area is 112 Å². The Hall–Kier alpha value is -1.02. The van der Waals surface area contributed by atoms with E-state index < -0.39 is 0 Å². The number of benzene rings is 1. The van der Waals surface area contributed by atoms with Crippen LogP contribution in [0.5, 0.6) is 5.75 Å². The lowest BCUT2D eigenvalue weighted by molar-refractivity contribution is 0.339. The lowest BCUT2D eigenvalue weighted by Gasteiger charge is -2.14. The van der Waals surface area contributed by atoms with Crippen molar-refractivity contribution in [2.45, 2.75) is 59.0 Å². The number of hydrogen-bond donors (Lipinski definition) is 1. The van der Waals surface area contributed by atoms with Gasteiger partial charge >= 0.3 is 0 Å². The van der Waals surface area contributed by atoms with Gasteiger partial charge in [-0.3, -0.25) is 0 Å². The fourth-order valence-corrected chi connectivity index (χ4v) is 2.01. The third kappa shape index (κ3) is 6.06. The molecule has 0 radical (unpaired) electrons. The van der Waals surface area contributed by atoms with Crippen LogP contribution < -0.4 is 10.1 Å². The Morgan fingerprint density at radius 2 is 2.06 bits per heavy atom. The first-order valence-electron chi connectivity index (χ1n) is 7.21. The van der Waals surface area contributed by atoms with Gasteiger partial charge in [-0.25, -0.2) is 0 Å². The lowest BCUT2D eigenvalue weighted by Crippen LogP contribution is -2.25.